The van der Waals surface area contributed by atoms with E-state index in [2.05, 4.69) is 10.3 Å². The van der Waals surface area contributed by atoms with Crippen molar-refractivity contribution in [1.29, 1.82) is 0 Å². The number of unbranched alkanes of at least 4 members (excludes halogenated alkanes) is 2. The molecule has 0 saturated carbocycles. The molecule has 1 aromatic rings. The highest BCUT2D eigenvalue weighted by Gasteiger charge is 2.39. The summed E-state index contributed by atoms with van der Waals surface area (Å²) in [5.41, 5.74) is 1.74. The van der Waals surface area contributed by atoms with Gasteiger partial charge in [0.25, 0.3) is 0 Å². The van der Waals surface area contributed by atoms with Crippen molar-refractivity contribution in [3.05, 3.63) is 17.7 Å². The van der Waals surface area contributed by atoms with E-state index in [4.69, 9.17) is 14.6 Å². The summed E-state index contributed by atoms with van der Waals surface area (Å²) in [6.45, 7) is 3.34. The van der Waals surface area contributed by atoms with Gasteiger partial charge in [-0.15, -0.1) is 0 Å². The maximum Gasteiger partial charge on any atom is 0.249 e. The zero-order valence-corrected chi connectivity index (χ0v) is 14.7. The Kier molecular flexibility index (Phi) is 5.43. The number of ether oxygens (including phenoxy) is 2. The normalized spacial score (nSPS) is 18.4. The first kappa shape index (κ1) is 17.5. The Balaban J connectivity index is 1.79. The molecule has 1 saturated heterocycles. The van der Waals surface area contributed by atoms with Crippen LogP contribution < -0.4 is 14.8 Å². The van der Waals surface area contributed by atoms with E-state index in [9.17, 15) is 4.79 Å². The lowest BCUT2D eigenvalue weighted by Gasteiger charge is -2.28. The van der Waals surface area contributed by atoms with Crippen molar-refractivity contribution in [2.75, 3.05) is 20.3 Å². The monoisotopic (exact) mass is 347 g/mol. The van der Waals surface area contributed by atoms with Gasteiger partial charge in [-0.05, 0) is 37.8 Å². The SMILES string of the molecule is CCC1C(=O)NC2=Nc3ccc(OCCCCCO)c(OC)c3CN21. The van der Waals surface area contributed by atoms with Crippen LogP contribution in [-0.2, 0) is 11.3 Å². The molecule has 1 aromatic carbocycles. The molecule has 0 aliphatic carbocycles. The standard InChI is InChI=1S/C18H25N3O4/c1-3-14-17(23)20-18-19-13-7-8-15(25-10-6-4-5-9-22)16(24-2)12(13)11-21(14)18/h7-8,14,22H,3-6,9-11H2,1-2H3,(H,19,20,23). The molecule has 0 spiro atoms. The van der Waals surface area contributed by atoms with E-state index >= 15 is 0 Å². The highest BCUT2D eigenvalue weighted by molar-refractivity contribution is 6.07. The number of nitrogens with one attached hydrogen (secondary N) is 1. The van der Waals surface area contributed by atoms with Gasteiger partial charge in [0, 0.05) is 12.2 Å². The van der Waals surface area contributed by atoms with Crippen molar-refractivity contribution in [2.24, 2.45) is 4.99 Å². The molecule has 0 radical (unpaired) electrons. The number of methoxy groups -OCH3 is 1. The molecule has 25 heavy (non-hydrogen) atoms. The van der Waals surface area contributed by atoms with Crippen molar-refractivity contribution >= 4 is 17.6 Å². The summed E-state index contributed by atoms with van der Waals surface area (Å²) in [6, 6.07) is 3.56. The van der Waals surface area contributed by atoms with Crippen LogP contribution in [0.1, 0.15) is 38.2 Å². The van der Waals surface area contributed by atoms with E-state index in [1.807, 2.05) is 24.0 Å². The lowest BCUT2D eigenvalue weighted by molar-refractivity contribution is -0.121. The van der Waals surface area contributed by atoms with Crippen molar-refractivity contribution < 1.29 is 19.4 Å². The summed E-state index contributed by atoms with van der Waals surface area (Å²) in [4.78, 5) is 18.6. The Hall–Kier alpha value is -2.28. The number of fused-ring (bicyclic) bond motifs is 2. The molecule has 1 unspecified atom stereocenters. The predicted octanol–water partition coefficient (Wildman–Crippen LogP) is 1.95. The third-order valence-corrected chi connectivity index (χ3v) is 4.59. The predicted molar refractivity (Wildman–Crippen MR) is 94.3 cm³/mol. The van der Waals surface area contributed by atoms with Crippen molar-refractivity contribution in [2.45, 2.75) is 45.2 Å². The summed E-state index contributed by atoms with van der Waals surface area (Å²) < 4.78 is 11.5. The second-order valence-electron chi connectivity index (χ2n) is 6.20. The van der Waals surface area contributed by atoms with Crippen LogP contribution in [0.5, 0.6) is 11.5 Å². The lowest BCUT2D eigenvalue weighted by Crippen LogP contribution is -2.36. The molecular formula is C18H25N3O4. The fraction of sp³-hybridized carbons (Fsp3) is 0.556. The van der Waals surface area contributed by atoms with Gasteiger partial charge in [-0.25, -0.2) is 4.99 Å². The quantitative estimate of drug-likeness (QED) is 0.702. The Labute approximate surface area is 147 Å². The number of hydrogen-bond donors (Lipinski definition) is 2. The lowest BCUT2D eigenvalue weighted by atomic mass is 10.1. The van der Waals surface area contributed by atoms with Gasteiger partial charge in [-0.2, -0.15) is 0 Å². The average molecular weight is 347 g/mol. The maximum absolute atomic E-state index is 12.1. The molecule has 1 amide bonds. The molecule has 7 heteroatoms. The third kappa shape index (κ3) is 3.42. The number of guanidine groups is 1. The van der Waals surface area contributed by atoms with Crippen LogP contribution in [0.25, 0.3) is 0 Å². The van der Waals surface area contributed by atoms with Crippen LogP contribution in [0.15, 0.2) is 17.1 Å². The molecule has 136 valence electrons. The van der Waals surface area contributed by atoms with Gasteiger partial charge in [0.05, 0.1) is 25.9 Å². The Morgan fingerprint density at radius 3 is 2.92 bits per heavy atom. The van der Waals surface area contributed by atoms with Gasteiger partial charge < -0.3 is 19.5 Å². The molecular weight excluding hydrogens is 322 g/mol. The van der Waals surface area contributed by atoms with E-state index < -0.39 is 0 Å². The highest BCUT2D eigenvalue weighted by Crippen LogP contribution is 2.41. The number of carbonyl (C=O) groups is 1. The third-order valence-electron chi connectivity index (χ3n) is 4.59. The largest absolute Gasteiger partial charge is 0.492 e. The number of benzene rings is 1. The second kappa shape index (κ2) is 7.74. The fourth-order valence-corrected chi connectivity index (χ4v) is 3.29. The minimum absolute atomic E-state index is 0.00613. The number of hydrogen-bond acceptors (Lipinski definition) is 6. The van der Waals surface area contributed by atoms with Gasteiger partial charge in [0.2, 0.25) is 11.9 Å². The van der Waals surface area contributed by atoms with Gasteiger partial charge in [0.1, 0.15) is 6.04 Å². The van der Waals surface area contributed by atoms with Gasteiger partial charge >= 0.3 is 0 Å². The van der Waals surface area contributed by atoms with Crippen molar-refractivity contribution in [3.8, 4) is 11.5 Å². The highest BCUT2D eigenvalue weighted by atomic mass is 16.5. The number of aliphatic hydroxyl groups is 1. The van der Waals surface area contributed by atoms with E-state index in [1.54, 1.807) is 7.11 Å². The summed E-state index contributed by atoms with van der Waals surface area (Å²) in [5, 5.41) is 11.7. The smallest absolute Gasteiger partial charge is 0.249 e. The van der Waals surface area contributed by atoms with E-state index in [-0.39, 0.29) is 18.6 Å². The Morgan fingerprint density at radius 1 is 1.36 bits per heavy atom. The first-order chi connectivity index (χ1) is 12.2. The van der Waals surface area contributed by atoms with Crippen LogP contribution >= 0.6 is 0 Å². The minimum atomic E-state index is -0.195. The number of aliphatic imine (C=N–C) groups is 1. The van der Waals surface area contributed by atoms with Crippen LogP contribution in [0.4, 0.5) is 5.69 Å². The van der Waals surface area contributed by atoms with Crippen LogP contribution in [-0.4, -0.2) is 48.2 Å². The summed E-state index contributed by atoms with van der Waals surface area (Å²) >= 11 is 0. The molecule has 0 bridgehead atoms. The average Bonchev–Trinajstić information content (AvgIpc) is 2.93. The molecule has 2 N–H and O–H groups in total. The van der Waals surface area contributed by atoms with Crippen LogP contribution in [0.2, 0.25) is 0 Å². The fourth-order valence-electron chi connectivity index (χ4n) is 3.29. The zero-order chi connectivity index (χ0) is 17.8. The van der Waals surface area contributed by atoms with Crippen LogP contribution in [0.3, 0.4) is 0 Å². The molecule has 2 aliphatic rings. The molecule has 7 nitrogen and oxygen atoms in total. The van der Waals surface area contributed by atoms with Gasteiger partial charge in [-0.1, -0.05) is 6.92 Å². The number of carbonyl (C=O) groups excluding carboxylic acids is 1. The Morgan fingerprint density at radius 2 is 2.20 bits per heavy atom. The summed E-state index contributed by atoms with van der Waals surface area (Å²) in [7, 11) is 1.62. The summed E-state index contributed by atoms with van der Waals surface area (Å²) in [6.07, 6.45) is 3.32. The minimum Gasteiger partial charge on any atom is -0.492 e. The molecule has 1 fully saturated rings. The molecule has 0 aromatic heterocycles. The maximum atomic E-state index is 12.1. The van der Waals surface area contributed by atoms with E-state index in [0.717, 1.165) is 36.9 Å². The van der Waals surface area contributed by atoms with Gasteiger partial charge in [0.15, 0.2) is 11.5 Å². The van der Waals surface area contributed by atoms with E-state index in [1.165, 1.54) is 0 Å². The number of nitrogens with zero attached hydrogens (tertiary/aromatic N) is 2. The van der Waals surface area contributed by atoms with E-state index in [0.29, 0.717) is 30.6 Å². The second-order valence-corrected chi connectivity index (χ2v) is 6.20. The van der Waals surface area contributed by atoms with Crippen molar-refractivity contribution in [3.63, 3.8) is 0 Å². The topological polar surface area (TPSA) is 83.4 Å². The number of rotatable bonds is 8. The number of aliphatic hydroxyl groups excluding tert-OH is 1. The first-order valence-corrected chi connectivity index (χ1v) is 8.79. The molecule has 2 aliphatic heterocycles. The Bertz CT molecular complexity index is 675. The molecule has 1 atom stereocenters. The van der Waals surface area contributed by atoms with Crippen molar-refractivity contribution in [1.82, 2.24) is 10.2 Å². The molecule has 3 rings (SSSR count). The van der Waals surface area contributed by atoms with Crippen LogP contribution in [0, 0.1) is 0 Å². The molecule has 2 heterocycles. The zero-order valence-electron chi connectivity index (χ0n) is 14.7. The first-order valence-electron chi connectivity index (χ1n) is 8.79. The van der Waals surface area contributed by atoms with Gasteiger partial charge in [-0.3, -0.25) is 10.1 Å². The number of amides is 1. The summed E-state index contributed by atoms with van der Waals surface area (Å²) in [5.74, 6) is 1.98.